The maximum Gasteiger partial charge on any atom is 0.412 e. The van der Waals surface area contributed by atoms with Gasteiger partial charge in [-0.3, -0.25) is 24.5 Å². The summed E-state index contributed by atoms with van der Waals surface area (Å²) in [5, 5.41) is 8.16. The van der Waals surface area contributed by atoms with Crippen molar-refractivity contribution in [1.29, 1.82) is 0 Å². The number of anilines is 2. The van der Waals surface area contributed by atoms with Gasteiger partial charge in [0, 0.05) is 42.8 Å². The van der Waals surface area contributed by atoms with Crippen LogP contribution in [-0.2, 0) is 41.1 Å². The number of carbonyl (C=O) groups excluding carboxylic acids is 5. The summed E-state index contributed by atoms with van der Waals surface area (Å²) < 4.78 is 27.1. The van der Waals surface area contributed by atoms with Crippen LogP contribution >= 0.6 is 11.8 Å². The normalized spacial score (nSPS) is 10.3. The van der Waals surface area contributed by atoms with Gasteiger partial charge in [0.05, 0.1) is 46.8 Å². The molecule has 14 nitrogen and oxygen atoms in total. The van der Waals surface area contributed by atoms with Crippen LogP contribution < -0.4 is 29.6 Å². The molecule has 3 aromatic carbocycles. The maximum atomic E-state index is 12.6. The Morgan fingerprint density at radius 1 is 0.792 bits per heavy atom. The Balaban J connectivity index is 0.000000848. The number of hydrogen-bond acceptors (Lipinski definition) is 12. The lowest BCUT2D eigenvalue weighted by Gasteiger charge is -2.13. The average Bonchev–Trinajstić information content (AvgIpc) is 3.17. The van der Waals surface area contributed by atoms with Crippen LogP contribution in [0.5, 0.6) is 23.0 Å². The number of amides is 4. The van der Waals surface area contributed by atoms with Gasteiger partial charge in [-0.15, -0.1) is 11.8 Å². The molecule has 3 rings (SSSR count). The number of nitrogens with one attached hydrogen (secondary N) is 2. The molecule has 0 heterocycles. The van der Waals surface area contributed by atoms with Gasteiger partial charge in [0.1, 0.15) is 35.9 Å². The van der Waals surface area contributed by atoms with Crippen LogP contribution in [0.2, 0.25) is 0 Å². The first-order valence-corrected chi connectivity index (χ1v) is 17.5. The molecule has 53 heavy (non-hydrogen) atoms. The van der Waals surface area contributed by atoms with Crippen molar-refractivity contribution < 1.29 is 52.5 Å². The van der Waals surface area contributed by atoms with Gasteiger partial charge in [0.2, 0.25) is 12.3 Å². The molecule has 0 aromatic heterocycles. The van der Waals surface area contributed by atoms with Crippen LogP contribution in [0.15, 0.2) is 60.0 Å². The van der Waals surface area contributed by atoms with Gasteiger partial charge in [0.15, 0.2) is 0 Å². The van der Waals surface area contributed by atoms with Crippen LogP contribution in [0.3, 0.4) is 0 Å². The highest BCUT2D eigenvalue weighted by Crippen LogP contribution is 2.36. The third-order valence-electron chi connectivity index (χ3n) is 7.17. The van der Waals surface area contributed by atoms with Crippen molar-refractivity contribution in [2.75, 3.05) is 46.2 Å². The highest BCUT2D eigenvalue weighted by Gasteiger charge is 2.13. The molecule has 3 aromatic rings. The van der Waals surface area contributed by atoms with Gasteiger partial charge in [-0.1, -0.05) is 25.1 Å². The Bertz CT molecular complexity index is 1640. The number of unbranched alkanes of at least 4 members (excludes halogenated alkanes) is 1. The zero-order valence-electron chi connectivity index (χ0n) is 30.8. The molecule has 0 aliphatic carbocycles. The third-order valence-corrected chi connectivity index (χ3v) is 8.00. The monoisotopic (exact) mass is 753 g/mol. The summed E-state index contributed by atoms with van der Waals surface area (Å²) in [5.41, 5.74) is 3.62. The minimum absolute atomic E-state index is 0.0420. The number of benzene rings is 3. The summed E-state index contributed by atoms with van der Waals surface area (Å²) in [4.78, 5) is 60.1. The topological polar surface area (TPSA) is 168 Å². The lowest BCUT2D eigenvalue weighted by molar-refractivity contribution is -0.178. The second kappa shape index (κ2) is 24.6. The third kappa shape index (κ3) is 15.3. The zero-order chi connectivity index (χ0) is 39.0. The molecule has 0 fully saturated rings. The lowest BCUT2D eigenvalue weighted by atomic mass is 10.1. The number of imide groups is 1. The number of aldehydes is 1. The molecule has 0 aliphatic rings. The summed E-state index contributed by atoms with van der Waals surface area (Å²) in [6, 6.07) is 16.1. The summed E-state index contributed by atoms with van der Waals surface area (Å²) in [7, 11) is 7.58. The van der Waals surface area contributed by atoms with E-state index in [-0.39, 0.29) is 24.8 Å². The Kier molecular flexibility index (Phi) is 20.3. The molecule has 15 heteroatoms. The van der Waals surface area contributed by atoms with Crippen molar-refractivity contribution in [1.82, 2.24) is 5.06 Å². The Morgan fingerprint density at radius 2 is 1.45 bits per heavy atom. The lowest BCUT2D eigenvalue weighted by Crippen LogP contribution is -2.27. The summed E-state index contributed by atoms with van der Waals surface area (Å²) >= 11 is 1.56. The second-order valence-electron chi connectivity index (χ2n) is 10.9. The predicted octanol–water partition coefficient (Wildman–Crippen LogP) is 7.01. The SMILES string of the molecule is CCCC(=O)N(C=O)OC.COc1cc(OC)c(/C=C/SCc2ccc(OC)c(NC(=O)OCc3ccc(NC(=O)CCCC=O)cc3)c2)c(OC)c1. The molecule has 0 saturated heterocycles. The molecular weight excluding hydrogens is 706 g/mol. The van der Waals surface area contributed by atoms with Crippen LogP contribution in [0.4, 0.5) is 16.2 Å². The molecular formula is C38H47N3O11S. The van der Waals surface area contributed by atoms with Crippen molar-refractivity contribution >= 4 is 59.8 Å². The maximum absolute atomic E-state index is 12.6. The van der Waals surface area contributed by atoms with E-state index in [1.165, 1.54) is 14.2 Å². The molecule has 4 amide bonds. The van der Waals surface area contributed by atoms with E-state index in [0.717, 1.165) is 23.0 Å². The van der Waals surface area contributed by atoms with Crippen LogP contribution in [-0.4, -0.2) is 71.2 Å². The number of hydrogen-bond donors (Lipinski definition) is 2. The van der Waals surface area contributed by atoms with Gasteiger partial charge in [-0.25, -0.2) is 4.79 Å². The second-order valence-corrected chi connectivity index (χ2v) is 11.8. The van der Waals surface area contributed by atoms with E-state index in [2.05, 4.69) is 15.5 Å². The number of hydroxylamine groups is 2. The van der Waals surface area contributed by atoms with Crippen LogP contribution in [0.1, 0.15) is 55.7 Å². The van der Waals surface area contributed by atoms with E-state index in [0.29, 0.717) is 77.3 Å². The quantitative estimate of drug-likeness (QED) is 0.0689. The minimum atomic E-state index is -0.630. The molecule has 2 N–H and O–H groups in total. The van der Waals surface area contributed by atoms with E-state index in [1.54, 1.807) is 75.6 Å². The first kappa shape index (κ1) is 43.6. The number of rotatable bonds is 20. The number of ether oxygens (including phenoxy) is 5. The highest BCUT2D eigenvalue weighted by atomic mass is 32.2. The first-order chi connectivity index (χ1) is 25.7. The van der Waals surface area contributed by atoms with Gasteiger partial charge < -0.3 is 33.8 Å². The largest absolute Gasteiger partial charge is 0.496 e. The van der Waals surface area contributed by atoms with E-state index in [9.17, 15) is 24.0 Å². The smallest absolute Gasteiger partial charge is 0.412 e. The van der Waals surface area contributed by atoms with Crippen LogP contribution in [0.25, 0.3) is 6.08 Å². The van der Waals surface area contributed by atoms with Crippen molar-refractivity contribution in [2.24, 2.45) is 0 Å². The number of thioether (sulfide) groups is 1. The van der Waals surface area contributed by atoms with Gasteiger partial charge in [-0.2, -0.15) is 5.06 Å². The number of methoxy groups -OCH3 is 4. The standard InChI is InChI=1S/C32H36N2O8S.C6H11NO3/c1-38-25-18-29(40-3)26(30(19-25)41-4)14-16-43-21-23-10-13-28(39-2)27(17-23)34-32(37)42-20-22-8-11-24(12-9-22)33-31(36)7-5-6-15-35;1-3-4-6(9)7(5-8)10-2/h8-19H,5-7,20-21H2,1-4H3,(H,33,36)(H,34,37);5H,3-4H2,1-2H3/b16-14+;. The minimum Gasteiger partial charge on any atom is -0.496 e. The molecule has 0 saturated carbocycles. The highest BCUT2D eigenvalue weighted by molar-refractivity contribution is 8.01. The molecule has 0 spiro atoms. The molecule has 286 valence electrons. The number of carbonyl (C=O) groups is 5. The molecule has 0 radical (unpaired) electrons. The van der Waals surface area contributed by atoms with Crippen molar-refractivity contribution in [3.63, 3.8) is 0 Å². The van der Waals surface area contributed by atoms with E-state index in [1.807, 2.05) is 30.5 Å². The van der Waals surface area contributed by atoms with Gasteiger partial charge >= 0.3 is 6.09 Å². The summed E-state index contributed by atoms with van der Waals surface area (Å²) in [5.74, 6) is 2.57. The van der Waals surface area contributed by atoms with Gasteiger partial charge in [-0.05, 0) is 59.7 Å². The van der Waals surface area contributed by atoms with Crippen molar-refractivity contribution in [3.05, 3.63) is 76.7 Å². The van der Waals surface area contributed by atoms with Crippen molar-refractivity contribution in [3.8, 4) is 23.0 Å². The fourth-order valence-electron chi connectivity index (χ4n) is 4.48. The number of nitrogens with zero attached hydrogens (tertiary/aromatic N) is 1. The molecule has 0 aliphatic heterocycles. The summed E-state index contributed by atoms with van der Waals surface area (Å²) in [6.45, 7) is 1.90. The average molecular weight is 754 g/mol. The zero-order valence-corrected chi connectivity index (χ0v) is 31.6. The molecule has 0 unspecified atom stereocenters. The van der Waals surface area contributed by atoms with Crippen LogP contribution in [0, 0.1) is 0 Å². The van der Waals surface area contributed by atoms with E-state index in [4.69, 9.17) is 23.7 Å². The van der Waals surface area contributed by atoms with Gasteiger partial charge in [0.25, 0.3) is 5.91 Å². The Hall–Kier alpha value is -5.54. The van der Waals surface area contributed by atoms with E-state index < -0.39 is 6.09 Å². The molecule has 0 bridgehead atoms. The Morgan fingerprint density at radius 3 is 2.02 bits per heavy atom. The fraction of sp³-hybridized carbons (Fsp3) is 0.342. The predicted molar refractivity (Wildman–Crippen MR) is 203 cm³/mol. The summed E-state index contributed by atoms with van der Waals surface area (Å²) in [6.07, 6.45) is 4.64. The van der Waals surface area contributed by atoms with Crippen molar-refractivity contribution in [2.45, 2.75) is 51.4 Å². The van der Waals surface area contributed by atoms with E-state index >= 15 is 0 Å². The molecule has 0 atom stereocenters. The first-order valence-electron chi connectivity index (χ1n) is 16.5. The Labute approximate surface area is 314 Å². The fourth-order valence-corrected chi connectivity index (χ4v) is 5.18.